The van der Waals surface area contributed by atoms with Gasteiger partial charge in [-0.15, -0.1) is 0 Å². The van der Waals surface area contributed by atoms with Gasteiger partial charge in [-0.3, -0.25) is 0 Å². The number of para-hydroxylation sites is 4. The summed E-state index contributed by atoms with van der Waals surface area (Å²) in [5.74, 6) is 0. The van der Waals surface area contributed by atoms with Crippen LogP contribution >= 0.6 is 0 Å². The molecule has 0 N–H and O–H groups in total. The Morgan fingerprint density at radius 1 is 0.692 bits per heavy atom. The van der Waals surface area contributed by atoms with Crippen molar-refractivity contribution in [2.24, 2.45) is 0 Å². The van der Waals surface area contributed by atoms with Crippen molar-refractivity contribution in [1.29, 1.82) is 0 Å². The maximum absolute atomic E-state index is 6.65. The lowest BCUT2D eigenvalue weighted by molar-refractivity contribution is 0.643. The molecular weight excluding hydrogens is 482 g/mol. The van der Waals surface area contributed by atoms with Gasteiger partial charge in [-0.1, -0.05) is 24.3 Å². The molecule has 39 heavy (non-hydrogen) atoms. The maximum Gasteiger partial charge on any atom is 0.227 e. The van der Waals surface area contributed by atoms with Crippen LogP contribution in [0.2, 0.25) is 0 Å². The van der Waals surface area contributed by atoms with E-state index in [-0.39, 0.29) is 12.3 Å². The predicted molar refractivity (Wildman–Crippen MR) is 163 cm³/mol. The monoisotopic (exact) mass is 517 g/mol. The summed E-state index contributed by atoms with van der Waals surface area (Å²) < 4.78 is 6.65. The number of rotatable bonds is 4. The first kappa shape index (κ1) is 23.9. The summed E-state index contributed by atoms with van der Waals surface area (Å²) in [5.41, 5.74) is 11.1. The highest BCUT2D eigenvalue weighted by atomic mass is 16.3. The lowest BCUT2D eigenvalue weighted by Gasteiger charge is -2.34. The van der Waals surface area contributed by atoms with Crippen LogP contribution < -0.4 is 19.6 Å². The standard InChI is InChI=1S/C33H35N5O/c1-7-35-22(5)37(28-15-11-9-13-26(28)35)30-19-25-24-18-17-20(3)34-33(24)39-32(25)31(21(30)4)38-23(6)36(8-2)27-14-10-12-16-29(27)38/h9-19,22-23H,7-8H2,1-6H3/t22-,23+/m1/s1. The number of furan rings is 1. The molecule has 0 bridgehead atoms. The number of pyridine rings is 1. The van der Waals surface area contributed by atoms with Crippen molar-refractivity contribution in [1.82, 2.24) is 4.98 Å². The molecule has 2 aliphatic heterocycles. The van der Waals surface area contributed by atoms with Gasteiger partial charge in [0, 0.05) is 40.8 Å². The fraction of sp³-hybridized carbons (Fsp3) is 0.303. The molecule has 6 nitrogen and oxygen atoms in total. The first-order valence-corrected chi connectivity index (χ1v) is 14.1. The second-order valence-electron chi connectivity index (χ2n) is 10.7. The third-order valence-electron chi connectivity index (χ3n) is 8.70. The lowest BCUT2D eigenvalue weighted by Crippen LogP contribution is -2.40. The van der Waals surface area contributed by atoms with Crippen molar-refractivity contribution in [2.75, 3.05) is 32.7 Å². The van der Waals surface area contributed by atoms with Gasteiger partial charge < -0.3 is 24.0 Å². The first-order valence-electron chi connectivity index (χ1n) is 14.1. The van der Waals surface area contributed by atoms with Crippen molar-refractivity contribution < 1.29 is 4.42 Å². The van der Waals surface area contributed by atoms with E-state index in [1.54, 1.807) is 0 Å². The fourth-order valence-electron chi connectivity index (χ4n) is 6.90. The normalized spacial score (nSPS) is 18.5. The van der Waals surface area contributed by atoms with E-state index in [1.165, 1.54) is 34.0 Å². The maximum atomic E-state index is 6.65. The van der Waals surface area contributed by atoms with E-state index in [0.29, 0.717) is 5.71 Å². The smallest absolute Gasteiger partial charge is 0.227 e. The third-order valence-corrected chi connectivity index (χ3v) is 8.70. The van der Waals surface area contributed by atoms with Crippen molar-refractivity contribution in [3.05, 3.63) is 78.0 Å². The van der Waals surface area contributed by atoms with E-state index in [4.69, 9.17) is 9.40 Å². The second kappa shape index (κ2) is 8.67. The van der Waals surface area contributed by atoms with Crippen LogP contribution in [-0.2, 0) is 0 Å². The number of benzene rings is 3. The molecule has 0 aliphatic carbocycles. The number of aryl methyl sites for hydroxylation is 1. The molecule has 0 saturated heterocycles. The van der Waals surface area contributed by atoms with Crippen molar-refractivity contribution in [3.8, 4) is 0 Å². The highest BCUT2D eigenvalue weighted by molar-refractivity contribution is 6.12. The number of hydrogen-bond donors (Lipinski definition) is 0. The van der Waals surface area contributed by atoms with Gasteiger partial charge in [-0.25, -0.2) is 4.98 Å². The average Bonchev–Trinajstić information content (AvgIpc) is 3.53. The molecule has 7 rings (SSSR count). The Labute approximate surface area is 230 Å². The molecule has 6 heteroatoms. The Hall–Kier alpha value is -4.19. The van der Waals surface area contributed by atoms with Crippen LogP contribution in [0.3, 0.4) is 0 Å². The quantitative estimate of drug-likeness (QED) is 0.239. The molecule has 2 aliphatic rings. The molecule has 3 aromatic carbocycles. The number of anilines is 6. The van der Waals surface area contributed by atoms with Gasteiger partial charge >= 0.3 is 0 Å². The van der Waals surface area contributed by atoms with Gasteiger partial charge in [0.2, 0.25) is 5.71 Å². The molecule has 198 valence electrons. The van der Waals surface area contributed by atoms with Gasteiger partial charge in [0.15, 0.2) is 5.58 Å². The summed E-state index contributed by atoms with van der Waals surface area (Å²) in [6, 6.07) is 24.1. The van der Waals surface area contributed by atoms with Gasteiger partial charge in [-0.05, 0) is 84.0 Å². The summed E-state index contributed by atoms with van der Waals surface area (Å²) in [4.78, 5) is 14.7. The van der Waals surface area contributed by atoms with Crippen LogP contribution in [0.25, 0.3) is 22.1 Å². The van der Waals surface area contributed by atoms with Crippen LogP contribution in [0.1, 0.15) is 39.0 Å². The van der Waals surface area contributed by atoms with Crippen LogP contribution in [0.5, 0.6) is 0 Å². The molecule has 4 heterocycles. The van der Waals surface area contributed by atoms with E-state index in [0.717, 1.165) is 40.8 Å². The van der Waals surface area contributed by atoms with Crippen molar-refractivity contribution in [3.63, 3.8) is 0 Å². The van der Waals surface area contributed by atoms with Crippen LogP contribution in [0, 0.1) is 13.8 Å². The molecule has 2 atom stereocenters. The molecule has 0 radical (unpaired) electrons. The fourth-order valence-corrected chi connectivity index (χ4v) is 6.90. The second-order valence-corrected chi connectivity index (χ2v) is 10.7. The number of fused-ring (bicyclic) bond motifs is 5. The number of nitrogens with zero attached hydrogens (tertiary/aromatic N) is 5. The van der Waals surface area contributed by atoms with Crippen molar-refractivity contribution in [2.45, 2.75) is 53.9 Å². The van der Waals surface area contributed by atoms with Crippen LogP contribution in [-0.4, -0.2) is 30.4 Å². The van der Waals surface area contributed by atoms with Crippen LogP contribution in [0.15, 0.2) is 71.1 Å². The zero-order valence-electron chi connectivity index (χ0n) is 23.6. The molecule has 0 spiro atoms. The first-order chi connectivity index (χ1) is 18.9. The highest BCUT2D eigenvalue weighted by Crippen LogP contribution is 2.53. The lowest BCUT2D eigenvalue weighted by atomic mass is 10.0. The molecule has 5 aromatic rings. The summed E-state index contributed by atoms with van der Waals surface area (Å²) in [6.45, 7) is 15.2. The minimum absolute atomic E-state index is 0.142. The summed E-state index contributed by atoms with van der Waals surface area (Å²) in [7, 11) is 0. The summed E-state index contributed by atoms with van der Waals surface area (Å²) >= 11 is 0. The zero-order valence-corrected chi connectivity index (χ0v) is 23.6. The Morgan fingerprint density at radius 2 is 1.26 bits per heavy atom. The Balaban J connectivity index is 1.56. The Kier molecular flexibility index (Phi) is 5.31. The van der Waals surface area contributed by atoms with Crippen LogP contribution in [0.4, 0.5) is 34.1 Å². The van der Waals surface area contributed by atoms with Gasteiger partial charge in [0.1, 0.15) is 12.3 Å². The van der Waals surface area contributed by atoms with E-state index in [2.05, 4.69) is 121 Å². The molecule has 2 aromatic heterocycles. The van der Waals surface area contributed by atoms with Gasteiger partial charge in [0.25, 0.3) is 0 Å². The van der Waals surface area contributed by atoms with E-state index < -0.39 is 0 Å². The Morgan fingerprint density at radius 3 is 1.87 bits per heavy atom. The molecule has 0 fully saturated rings. The number of hydrogen-bond acceptors (Lipinski definition) is 6. The van der Waals surface area contributed by atoms with E-state index in [9.17, 15) is 0 Å². The minimum atomic E-state index is 0.142. The SMILES string of the molecule is CCN1c2ccccc2N(c2cc3c(oc4nc(C)ccc43)c(N3c4ccccc4N(CC)[C@@H]3C)c2C)[C@@H]1C. The summed E-state index contributed by atoms with van der Waals surface area (Å²) in [6.07, 6.45) is 0.327. The zero-order chi connectivity index (χ0) is 27.0. The Bertz CT molecular complexity index is 1740. The van der Waals surface area contributed by atoms with Gasteiger partial charge in [0.05, 0.1) is 28.4 Å². The van der Waals surface area contributed by atoms with E-state index >= 15 is 0 Å². The van der Waals surface area contributed by atoms with Gasteiger partial charge in [-0.2, -0.15) is 0 Å². The van der Waals surface area contributed by atoms with E-state index in [1.807, 2.05) is 6.92 Å². The minimum Gasteiger partial charge on any atom is -0.435 e. The molecular formula is C33H35N5O. The molecule has 0 saturated carbocycles. The third kappa shape index (κ3) is 3.24. The average molecular weight is 518 g/mol. The van der Waals surface area contributed by atoms with Crippen molar-refractivity contribution >= 4 is 56.2 Å². The molecule has 0 unspecified atom stereocenters. The summed E-state index contributed by atoms with van der Waals surface area (Å²) in [5, 5.41) is 2.16. The molecule has 0 amide bonds. The largest absolute Gasteiger partial charge is 0.435 e. The highest BCUT2D eigenvalue weighted by Gasteiger charge is 2.39. The number of aromatic nitrogens is 1. The topological polar surface area (TPSA) is 39.0 Å². The predicted octanol–water partition coefficient (Wildman–Crippen LogP) is 8.25.